The van der Waals surface area contributed by atoms with Crippen molar-refractivity contribution in [2.24, 2.45) is 5.73 Å². The number of carbonyl (C=O) groups is 2. The van der Waals surface area contributed by atoms with Crippen LogP contribution in [-0.2, 0) is 11.2 Å². The highest BCUT2D eigenvalue weighted by molar-refractivity contribution is 5.99. The number of pyridine rings is 1. The van der Waals surface area contributed by atoms with Gasteiger partial charge in [0.2, 0.25) is 6.41 Å². The van der Waals surface area contributed by atoms with E-state index in [1.54, 1.807) is 35.2 Å². The SMILES string of the molecule is N#Cc1ccccc1-c1ccc(C(=O)NC[C@]2(CCN)CCCN2C=O)c(NCCc2cccc(F)c2)n1. The lowest BCUT2D eigenvalue weighted by Crippen LogP contribution is -2.52. The Kier molecular flexibility index (Phi) is 8.66. The van der Waals surface area contributed by atoms with Crippen LogP contribution < -0.4 is 16.4 Å². The molecule has 1 fully saturated rings. The summed E-state index contributed by atoms with van der Waals surface area (Å²) in [6, 6.07) is 19.1. The van der Waals surface area contributed by atoms with Crippen molar-refractivity contribution in [3.8, 4) is 17.3 Å². The van der Waals surface area contributed by atoms with Crippen molar-refractivity contribution in [3.05, 3.63) is 83.2 Å². The molecule has 38 heavy (non-hydrogen) atoms. The highest BCUT2D eigenvalue weighted by Gasteiger charge is 2.40. The maximum Gasteiger partial charge on any atom is 0.255 e. The summed E-state index contributed by atoms with van der Waals surface area (Å²) in [7, 11) is 0. The van der Waals surface area contributed by atoms with Gasteiger partial charge in [0.25, 0.3) is 5.91 Å². The second-order valence-electron chi connectivity index (χ2n) is 9.40. The van der Waals surface area contributed by atoms with Gasteiger partial charge in [-0.1, -0.05) is 30.3 Å². The lowest BCUT2D eigenvalue weighted by atomic mass is 9.92. The van der Waals surface area contributed by atoms with E-state index >= 15 is 0 Å². The van der Waals surface area contributed by atoms with E-state index in [0.29, 0.717) is 60.7 Å². The molecule has 2 heterocycles. The van der Waals surface area contributed by atoms with Crippen molar-refractivity contribution in [2.75, 3.05) is 31.5 Å². The van der Waals surface area contributed by atoms with E-state index in [1.165, 1.54) is 12.1 Å². The molecule has 1 aliphatic rings. The van der Waals surface area contributed by atoms with E-state index in [4.69, 9.17) is 10.7 Å². The van der Waals surface area contributed by atoms with Crippen LogP contribution in [-0.4, -0.2) is 53.9 Å². The molecule has 8 nitrogen and oxygen atoms in total. The molecule has 0 unspecified atom stereocenters. The van der Waals surface area contributed by atoms with Crippen LogP contribution in [0.5, 0.6) is 0 Å². The molecule has 0 spiro atoms. The number of benzene rings is 2. The van der Waals surface area contributed by atoms with Crippen LogP contribution >= 0.6 is 0 Å². The first-order valence-electron chi connectivity index (χ1n) is 12.7. The van der Waals surface area contributed by atoms with Crippen molar-refractivity contribution >= 4 is 18.1 Å². The van der Waals surface area contributed by atoms with E-state index in [0.717, 1.165) is 24.8 Å². The van der Waals surface area contributed by atoms with Gasteiger partial charge in [0.05, 0.1) is 28.4 Å². The van der Waals surface area contributed by atoms with Crippen molar-refractivity contribution in [1.29, 1.82) is 5.26 Å². The molecule has 0 bridgehead atoms. The van der Waals surface area contributed by atoms with Gasteiger partial charge < -0.3 is 21.3 Å². The first-order chi connectivity index (χ1) is 18.5. The number of nitriles is 1. The minimum atomic E-state index is -0.504. The first kappa shape index (κ1) is 26.8. The lowest BCUT2D eigenvalue weighted by Gasteiger charge is -2.36. The predicted molar refractivity (Wildman–Crippen MR) is 144 cm³/mol. The lowest BCUT2D eigenvalue weighted by molar-refractivity contribution is -0.121. The van der Waals surface area contributed by atoms with Gasteiger partial charge in [-0.15, -0.1) is 0 Å². The normalized spacial score (nSPS) is 16.6. The largest absolute Gasteiger partial charge is 0.369 e. The summed E-state index contributed by atoms with van der Waals surface area (Å²) in [6.45, 7) is 1.74. The zero-order valence-electron chi connectivity index (χ0n) is 21.1. The van der Waals surface area contributed by atoms with Gasteiger partial charge in [0.1, 0.15) is 11.6 Å². The minimum absolute atomic E-state index is 0.281. The number of nitrogens with zero attached hydrogens (tertiary/aromatic N) is 3. The van der Waals surface area contributed by atoms with Crippen LogP contribution in [0.3, 0.4) is 0 Å². The number of carbonyl (C=O) groups excluding carboxylic acids is 2. The van der Waals surface area contributed by atoms with Crippen LogP contribution in [0.4, 0.5) is 10.2 Å². The Morgan fingerprint density at radius 2 is 2.05 bits per heavy atom. The van der Waals surface area contributed by atoms with Gasteiger partial charge in [0.15, 0.2) is 0 Å². The Hall–Kier alpha value is -4.29. The molecule has 4 N–H and O–H groups in total. The second-order valence-corrected chi connectivity index (χ2v) is 9.40. The number of hydrogen-bond acceptors (Lipinski definition) is 6. The molecular weight excluding hydrogens is 483 g/mol. The van der Waals surface area contributed by atoms with Crippen LogP contribution in [0, 0.1) is 17.1 Å². The Bertz CT molecular complexity index is 1340. The molecule has 1 saturated heterocycles. The van der Waals surface area contributed by atoms with E-state index < -0.39 is 5.54 Å². The molecule has 4 rings (SSSR count). The minimum Gasteiger partial charge on any atom is -0.369 e. The van der Waals surface area contributed by atoms with Crippen LogP contribution in [0.15, 0.2) is 60.7 Å². The summed E-state index contributed by atoms with van der Waals surface area (Å²) >= 11 is 0. The van der Waals surface area contributed by atoms with E-state index in [9.17, 15) is 19.2 Å². The topological polar surface area (TPSA) is 124 Å². The van der Waals surface area contributed by atoms with E-state index in [1.807, 2.05) is 18.2 Å². The fourth-order valence-corrected chi connectivity index (χ4v) is 5.03. The van der Waals surface area contributed by atoms with Crippen molar-refractivity contribution in [1.82, 2.24) is 15.2 Å². The second kappa shape index (κ2) is 12.3. The number of rotatable bonds is 11. The molecule has 9 heteroatoms. The summed E-state index contributed by atoms with van der Waals surface area (Å²) in [5.41, 5.74) is 8.16. The quantitative estimate of drug-likeness (QED) is 0.337. The molecule has 0 aliphatic carbocycles. The molecular formula is C29H31FN6O2. The summed E-state index contributed by atoms with van der Waals surface area (Å²) < 4.78 is 13.6. The first-order valence-corrected chi connectivity index (χ1v) is 12.7. The number of amides is 2. The average Bonchev–Trinajstić information content (AvgIpc) is 3.34. The summed E-state index contributed by atoms with van der Waals surface area (Å²) in [5, 5.41) is 15.8. The molecule has 1 aliphatic heterocycles. The Morgan fingerprint density at radius 3 is 2.82 bits per heavy atom. The predicted octanol–water partition coefficient (Wildman–Crippen LogP) is 3.48. The zero-order chi connectivity index (χ0) is 27.0. The zero-order valence-corrected chi connectivity index (χ0v) is 21.1. The third-order valence-corrected chi connectivity index (χ3v) is 7.02. The monoisotopic (exact) mass is 514 g/mol. The van der Waals surface area contributed by atoms with Gasteiger partial charge in [0, 0.05) is 25.2 Å². The molecule has 1 atom stereocenters. The van der Waals surface area contributed by atoms with Gasteiger partial charge in [-0.25, -0.2) is 9.37 Å². The van der Waals surface area contributed by atoms with E-state index in [-0.39, 0.29) is 18.3 Å². The smallest absolute Gasteiger partial charge is 0.255 e. The number of hydrogen-bond donors (Lipinski definition) is 3. The molecule has 0 saturated carbocycles. The number of halogens is 1. The number of anilines is 1. The fourth-order valence-electron chi connectivity index (χ4n) is 5.03. The molecule has 2 aromatic carbocycles. The van der Waals surface area contributed by atoms with Crippen LogP contribution in [0.1, 0.15) is 40.7 Å². The third kappa shape index (κ3) is 5.98. The molecule has 2 amide bonds. The average molecular weight is 515 g/mol. The van der Waals surface area contributed by atoms with Gasteiger partial charge in [-0.2, -0.15) is 5.26 Å². The highest BCUT2D eigenvalue weighted by atomic mass is 19.1. The van der Waals surface area contributed by atoms with E-state index in [2.05, 4.69) is 16.7 Å². The number of nitrogens with one attached hydrogen (secondary N) is 2. The van der Waals surface area contributed by atoms with Crippen molar-refractivity contribution < 1.29 is 14.0 Å². The Morgan fingerprint density at radius 1 is 1.21 bits per heavy atom. The Balaban J connectivity index is 1.59. The Labute approximate surface area is 221 Å². The van der Waals surface area contributed by atoms with Crippen LogP contribution in [0.2, 0.25) is 0 Å². The highest BCUT2D eigenvalue weighted by Crippen LogP contribution is 2.31. The molecule has 196 valence electrons. The van der Waals surface area contributed by atoms with Gasteiger partial charge >= 0.3 is 0 Å². The maximum absolute atomic E-state index is 13.6. The van der Waals surface area contributed by atoms with Crippen molar-refractivity contribution in [3.63, 3.8) is 0 Å². The van der Waals surface area contributed by atoms with Crippen LogP contribution in [0.25, 0.3) is 11.3 Å². The molecule has 1 aromatic heterocycles. The fraction of sp³-hybridized carbons (Fsp3) is 0.310. The number of likely N-dealkylation sites (tertiary alicyclic amines) is 1. The summed E-state index contributed by atoms with van der Waals surface area (Å²) in [4.78, 5) is 31.5. The summed E-state index contributed by atoms with van der Waals surface area (Å²) in [6.07, 6.45) is 3.57. The summed E-state index contributed by atoms with van der Waals surface area (Å²) in [5.74, 6) is -0.283. The maximum atomic E-state index is 13.6. The number of aromatic nitrogens is 1. The standard InChI is InChI=1S/C29H31FN6O2/c30-23-7-3-5-21(17-23)11-15-33-27-25(9-10-26(35-27)24-8-2-1-6-22(24)18-32)28(38)34-19-29(13-14-31)12-4-16-36(29)20-37/h1-3,5-10,17,20H,4,11-16,19,31H2,(H,33,35)(H,34,38)/t29-/m1/s1. The third-order valence-electron chi connectivity index (χ3n) is 7.02. The van der Waals surface area contributed by atoms with Gasteiger partial charge in [-0.05, 0) is 68.1 Å². The van der Waals surface area contributed by atoms with Crippen molar-refractivity contribution in [2.45, 2.75) is 31.2 Å². The molecule has 0 radical (unpaired) electrons. The molecule has 3 aromatic rings. The van der Waals surface area contributed by atoms with Gasteiger partial charge in [-0.3, -0.25) is 9.59 Å². The number of nitrogens with two attached hydrogens (primary N) is 1.